The van der Waals surface area contributed by atoms with Crippen LogP contribution in [0.4, 0.5) is 0 Å². The van der Waals surface area contributed by atoms with Crippen molar-refractivity contribution in [3.63, 3.8) is 0 Å². The van der Waals surface area contributed by atoms with Crippen molar-refractivity contribution >= 4 is 16.8 Å². The highest BCUT2D eigenvalue weighted by molar-refractivity contribution is 5.83. The predicted octanol–water partition coefficient (Wildman–Crippen LogP) is 4.55. The highest BCUT2D eigenvalue weighted by atomic mass is 16.1. The van der Waals surface area contributed by atoms with E-state index in [1.54, 1.807) is 0 Å². The summed E-state index contributed by atoms with van der Waals surface area (Å²) in [5.41, 5.74) is 3.96. The van der Waals surface area contributed by atoms with Crippen molar-refractivity contribution in [2.75, 3.05) is 26.2 Å². The zero-order valence-corrected chi connectivity index (χ0v) is 19.5. The normalized spacial score (nSPS) is 20.4. The lowest BCUT2D eigenvalue weighted by molar-refractivity contribution is -0.122. The van der Waals surface area contributed by atoms with Gasteiger partial charge < -0.3 is 10.3 Å². The summed E-state index contributed by atoms with van der Waals surface area (Å²) in [5.74, 6) is 0.913. The molecule has 0 bridgehead atoms. The highest BCUT2D eigenvalue weighted by Gasteiger charge is 2.25. The number of piperidine rings is 1. The Hall–Kier alpha value is -2.63. The Labute approximate surface area is 197 Å². The van der Waals surface area contributed by atoms with Crippen LogP contribution in [-0.2, 0) is 17.9 Å². The monoisotopic (exact) mass is 444 g/mol. The van der Waals surface area contributed by atoms with E-state index in [1.807, 2.05) is 0 Å². The van der Waals surface area contributed by atoms with Gasteiger partial charge in [-0.05, 0) is 61.9 Å². The van der Waals surface area contributed by atoms with Gasteiger partial charge in [0.2, 0.25) is 5.91 Å². The third-order valence-corrected chi connectivity index (χ3v) is 7.44. The van der Waals surface area contributed by atoms with Gasteiger partial charge in [-0.1, -0.05) is 48.5 Å². The fraction of sp³-hybridized carbons (Fsp3) is 0.464. The van der Waals surface area contributed by atoms with Gasteiger partial charge in [-0.25, -0.2) is 0 Å². The van der Waals surface area contributed by atoms with Gasteiger partial charge >= 0.3 is 0 Å². The van der Waals surface area contributed by atoms with E-state index in [-0.39, 0.29) is 5.91 Å². The van der Waals surface area contributed by atoms with Crippen LogP contribution in [0.5, 0.6) is 0 Å². The molecule has 2 fully saturated rings. The number of H-pyrrole nitrogens is 1. The fourth-order valence-electron chi connectivity index (χ4n) is 5.51. The van der Waals surface area contributed by atoms with Crippen LogP contribution >= 0.6 is 0 Å². The molecule has 33 heavy (non-hydrogen) atoms. The van der Waals surface area contributed by atoms with Gasteiger partial charge in [0.25, 0.3) is 0 Å². The molecule has 174 valence electrons. The standard InChI is InChI=1S/C28H36N4O/c33-28(30-25-14-17-32(21-25)19-23-6-2-1-3-7-23)11-10-22-12-15-31(16-13-22)20-24-18-29-27-9-5-4-8-26(24)27/h1-9,18,22,25,29H,10-17,19-21H2,(H,30,33)/t25-/m0/s1. The average molecular weight is 445 g/mol. The van der Waals surface area contributed by atoms with Gasteiger partial charge in [-0.3, -0.25) is 14.6 Å². The second-order valence-corrected chi connectivity index (χ2v) is 9.89. The predicted molar refractivity (Wildman–Crippen MR) is 134 cm³/mol. The number of hydrogen-bond donors (Lipinski definition) is 2. The Balaban J connectivity index is 0.997. The maximum atomic E-state index is 12.6. The van der Waals surface area contributed by atoms with Crippen molar-refractivity contribution in [3.05, 3.63) is 71.9 Å². The smallest absolute Gasteiger partial charge is 0.220 e. The first kappa shape index (κ1) is 22.2. The number of rotatable bonds is 8. The molecule has 2 aromatic carbocycles. The number of amides is 1. The molecule has 1 atom stereocenters. The van der Waals surface area contributed by atoms with Crippen molar-refractivity contribution in [2.45, 2.75) is 51.2 Å². The maximum Gasteiger partial charge on any atom is 0.220 e. The van der Waals surface area contributed by atoms with Crippen molar-refractivity contribution < 1.29 is 4.79 Å². The third kappa shape index (κ3) is 5.84. The first-order valence-corrected chi connectivity index (χ1v) is 12.6. The summed E-state index contributed by atoms with van der Waals surface area (Å²) in [6.45, 7) is 6.27. The molecule has 1 amide bonds. The Morgan fingerprint density at radius 2 is 1.67 bits per heavy atom. The number of fused-ring (bicyclic) bond motifs is 1. The molecule has 2 aliphatic rings. The molecular weight excluding hydrogens is 408 g/mol. The van der Waals surface area contributed by atoms with Crippen LogP contribution in [0.2, 0.25) is 0 Å². The van der Waals surface area contributed by atoms with Crippen molar-refractivity contribution in [1.82, 2.24) is 20.1 Å². The summed E-state index contributed by atoms with van der Waals surface area (Å²) in [7, 11) is 0. The molecule has 3 aromatic rings. The number of carbonyl (C=O) groups excluding carboxylic acids is 1. The van der Waals surface area contributed by atoms with Crippen LogP contribution in [-0.4, -0.2) is 52.9 Å². The summed E-state index contributed by atoms with van der Waals surface area (Å²) < 4.78 is 0. The Morgan fingerprint density at radius 1 is 0.909 bits per heavy atom. The molecule has 0 saturated carbocycles. The summed E-state index contributed by atoms with van der Waals surface area (Å²) in [4.78, 5) is 21.0. The molecule has 0 spiro atoms. The lowest BCUT2D eigenvalue weighted by atomic mass is 9.91. The Bertz CT molecular complexity index is 1040. The number of carbonyl (C=O) groups is 1. The SMILES string of the molecule is O=C(CCC1CCN(Cc2c[nH]c3ccccc23)CC1)N[C@H]1CCN(Cc2ccccc2)C1. The minimum atomic E-state index is 0.239. The number of aromatic nitrogens is 1. The minimum absolute atomic E-state index is 0.239. The summed E-state index contributed by atoms with van der Waals surface area (Å²) in [6.07, 6.45) is 7.30. The molecule has 2 saturated heterocycles. The first-order valence-electron chi connectivity index (χ1n) is 12.6. The van der Waals surface area contributed by atoms with Crippen LogP contribution in [0.1, 0.15) is 43.2 Å². The van der Waals surface area contributed by atoms with Crippen LogP contribution in [0, 0.1) is 5.92 Å². The van der Waals surface area contributed by atoms with E-state index in [0.29, 0.717) is 18.4 Å². The van der Waals surface area contributed by atoms with Crippen molar-refractivity contribution in [3.8, 4) is 0 Å². The van der Waals surface area contributed by atoms with Gasteiger partial charge in [0.15, 0.2) is 0 Å². The minimum Gasteiger partial charge on any atom is -0.361 e. The molecule has 0 aliphatic carbocycles. The molecule has 0 radical (unpaired) electrons. The van der Waals surface area contributed by atoms with E-state index in [4.69, 9.17) is 0 Å². The van der Waals surface area contributed by atoms with E-state index >= 15 is 0 Å². The molecule has 1 aromatic heterocycles. The first-order chi connectivity index (χ1) is 16.2. The van der Waals surface area contributed by atoms with Gasteiger partial charge in [0, 0.05) is 55.7 Å². The zero-order chi connectivity index (χ0) is 22.5. The molecule has 3 heterocycles. The fourth-order valence-corrected chi connectivity index (χ4v) is 5.51. The van der Waals surface area contributed by atoms with Gasteiger partial charge in [-0.15, -0.1) is 0 Å². The van der Waals surface area contributed by atoms with Crippen LogP contribution in [0.3, 0.4) is 0 Å². The molecule has 5 nitrogen and oxygen atoms in total. The van der Waals surface area contributed by atoms with Crippen LogP contribution in [0.25, 0.3) is 10.9 Å². The number of benzene rings is 2. The number of aromatic amines is 1. The third-order valence-electron chi connectivity index (χ3n) is 7.44. The zero-order valence-electron chi connectivity index (χ0n) is 19.5. The van der Waals surface area contributed by atoms with Crippen molar-refractivity contribution in [1.29, 1.82) is 0 Å². The summed E-state index contributed by atoms with van der Waals surface area (Å²) in [6, 6.07) is 19.5. The molecular formula is C28H36N4O. The summed E-state index contributed by atoms with van der Waals surface area (Å²) >= 11 is 0. The number of para-hydroxylation sites is 1. The number of likely N-dealkylation sites (tertiary alicyclic amines) is 2. The lowest BCUT2D eigenvalue weighted by Gasteiger charge is -2.31. The van der Waals surface area contributed by atoms with Crippen LogP contribution in [0.15, 0.2) is 60.8 Å². The average Bonchev–Trinajstić information content (AvgIpc) is 3.46. The van der Waals surface area contributed by atoms with Crippen LogP contribution < -0.4 is 5.32 Å². The topological polar surface area (TPSA) is 51.4 Å². The van der Waals surface area contributed by atoms with Gasteiger partial charge in [-0.2, -0.15) is 0 Å². The number of hydrogen-bond acceptors (Lipinski definition) is 3. The Morgan fingerprint density at radius 3 is 2.52 bits per heavy atom. The second kappa shape index (κ2) is 10.5. The second-order valence-electron chi connectivity index (χ2n) is 9.89. The molecule has 2 N–H and O–H groups in total. The maximum absolute atomic E-state index is 12.6. The Kier molecular flexibility index (Phi) is 7.08. The van der Waals surface area contributed by atoms with Crippen molar-refractivity contribution in [2.24, 2.45) is 5.92 Å². The van der Waals surface area contributed by atoms with E-state index in [9.17, 15) is 4.79 Å². The van der Waals surface area contributed by atoms with Gasteiger partial charge in [0.1, 0.15) is 0 Å². The molecule has 5 heteroatoms. The van der Waals surface area contributed by atoms with E-state index in [1.165, 1.54) is 34.9 Å². The summed E-state index contributed by atoms with van der Waals surface area (Å²) in [5, 5.41) is 4.63. The largest absolute Gasteiger partial charge is 0.361 e. The number of nitrogens with one attached hydrogen (secondary N) is 2. The molecule has 5 rings (SSSR count). The number of nitrogens with zero attached hydrogens (tertiary/aromatic N) is 2. The molecule has 2 aliphatic heterocycles. The molecule has 0 unspecified atom stereocenters. The van der Waals surface area contributed by atoms with E-state index in [0.717, 1.165) is 52.1 Å². The lowest BCUT2D eigenvalue weighted by Crippen LogP contribution is -2.37. The quantitative estimate of drug-likeness (QED) is 0.536. The van der Waals surface area contributed by atoms with E-state index in [2.05, 4.69) is 80.9 Å². The van der Waals surface area contributed by atoms with E-state index < -0.39 is 0 Å². The highest BCUT2D eigenvalue weighted by Crippen LogP contribution is 2.25. The van der Waals surface area contributed by atoms with Gasteiger partial charge in [0.05, 0.1) is 0 Å².